The van der Waals surface area contributed by atoms with Crippen molar-refractivity contribution in [2.75, 3.05) is 14.2 Å². The Morgan fingerprint density at radius 1 is 0.667 bits per heavy atom. The van der Waals surface area contributed by atoms with E-state index in [9.17, 15) is 9.59 Å². The molecule has 4 heterocycles. The van der Waals surface area contributed by atoms with E-state index in [1.54, 1.807) is 45.3 Å². The molecule has 0 amide bonds. The molecule has 0 aliphatic rings. The van der Waals surface area contributed by atoms with E-state index in [1.165, 1.54) is 24.0 Å². The third-order valence-electron chi connectivity index (χ3n) is 4.52. The first-order valence-electron chi connectivity index (χ1n) is 9.06. The molecule has 0 spiro atoms. The molecule has 0 atom stereocenters. The minimum absolute atomic E-state index is 0.229. The lowest BCUT2D eigenvalue weighted by atomic mass is 10.1. The fourth-order valence-corrected chi connectivity index (χ4v) is 7.30. The smallest absolute Gasteiger partial charge is 0.310 e. The van der Waals surface area contributed by atoms with Crippen LogP contribution in [0.15, 0.2) is 47.2 Å². The number of thiophene rings is 4. The molecule has 0 saturated carbocycles. The van der Waals surface area contributed by atoms with E-state index in [0.717, 1.165) is 30.6 Å². The van der Waals surface area contributed by atoms with E-state index in [2.05, 4.69) is 24.3 Å². The quantitative estimate of drug-likeness (QED) is 0.292. The van der Waals surface area contributed by atoms with Crippen molar-refractivity contribution in [2.45, 2.75) is 12.8 Å². The van der Waals surface area contributed by atoms with Gasteiger partial charge in [0.2, 0.25) is 0 Å². The molecule has 0 bridgehead atoms. The monoisotopic (exact) mass is 474 g/mol. The van der Waals surface area contributed by atoms with E-state index >= 15 is 0 Å². The summed E-state index contributed by atoms with van der Waals surface area (Å²) in [6, 6.07) is 12.4. The van der Waals surface area contributed by atoms with Gasteiger partial charge < -0.3 is 9.47 Å². The van der Waals surface area contributed by atoms with Gasteiger partial charge in [0.1, 0.15) is 0 Å². The minimum Gasteiger partial charge on any atom is -0.469 e. The van der Waals surface area contributed by atoms with Crippen LogP contribution in [0.2, 0.25) is 0 Å². The second-order valence-electron chi connectivity index (χ2n) is 6.38. The molecule has 4 aromatic heterocycles. The molecule has 0 aliphatic heterocycles. The summed E-state index contributed by atoms with van der Waals surface area (Å²) in [7, 11) is 2.83. The highest BCUT2D eigenvalue weighted by Gasteiger charge is 2.16. The summed E-state index contributed by atoms with van der Waals surface area (Å²) in [5.41, 5.74) is 2.00. The molecule has 0 radical (unpaired) electrons. The number of carbonyl (C=O) groups is 2. The number of ether oxygens (including phenoxy) is 2. The predicted octanol–water partition coefficient (Wildman–Crippen LogP) is 6.36. The predicted molar refractivity (Wildman–Crippen MR) is 126 cm³/mol. The standard InChI is InChI=1S/C22H18O4S4/c1-25-19(23)11-13-7-9-27-21(13)17-5-3-15(29-17)16-4-6-18(30-16)22-14(8-10-28-22)12-20(24)26-2/h3-10H,11-12H2,1-2H3. The largest absolute Gasteiger partial charge is 0.469 e. The van der Waals surface area contributed by atoms with Gasteiger partial charge in [0.05, 0.1) is 27.1 Å². The van der Waals surface area contributed by atoms with Gasteiger partial charge >= 0.3 is 11.9 Å². The van der Waals surface area contributed by atoms with Crippen molar-refractivity contribution in [3.05, 3.63) is 58.3 Å². The maximum atomic E-state index is 11.7. The zero-order chi connectivity index (χ0) is 21.1. The van der Waals surface area contributed by atoms with Gasteiger partial charge in [-0.2, -0.15) is 0 Å². The van der Waals surface area contributed by atoms with E-state index in [1.807, 2.05) is 22.9 Å². The van der Waals surface area contributed by atoms with Crippen LogP contribution in [-0.4, -0.2) is 26.2 Å². The van der Waals surface area contributed by atoms with Crippen molar-refractivity contribution >= 4 is 57.3 Å². The van der Waals surface area contributed by atoms with Crippen LogP contribution in [0.3, 0.4) is 0 Å². The van der Waals surface area contributed by atoms with E-state index < -0.39 is 0 Å². The van der Waals surface area contributed by atoms with Crippen molar-refractivity contribution < 1.29 is 19.1 Å². The molecule has 4 nitrogen and oxygen atoms in total. The Hall–Kier alpha value is -2.26. The minimum atomic E-state index is -0.229. The van der Waals surface area contributed by atoms with Gasteiger partial charge in [-0.3, -0.25) is 9.59 Å². The van der Waals surface area contributed by atoms with Crippen LogP contribution in [0.5, 0.6) is 0 Å². The maximum absolute atomic E-state index is 11.7. The fraction of sp³-hybridized carbons (Fsp3) is 0.182. The molecule has 0 aliphatic carbocycles. The van der Waals surface area contributed by atoms with Crippen LogP contribution in [0, 0.1) is 0 Å². The molecule has 0 unspecified atom stereocenters. The van der Waals surface area contributed by atoms with Gasteiger partial charge in [-0.05, 0) is 58.3 Å². The lowest BCUT2D eigenvalue weighted by Gasteiger charge is -2.01. The third-order valence-corrected chi connectivity index (χ3v) is 9.16. The van der Waals surface area contributed by atoms with E-state index in [0.29, 0.717) is 0 Å². The molecule has 8 heteroatoms. The molecule has 4 rings (SSSR count). The topological polar surface area (TPSA) is 52.6 Å². The Morgan fingerprint density at radius 3 is 1.47 bits per heavy atom. The molecular weight excluding hydrogens is 457 g/mol. The van der Waals surface area contributed by atoms with E-state index in [-0.39, 0.29) is 24.8 Å². The summed E-state index contributed by atoms with van der Waals surface area (Å²) in [4.78, 5) is 30.3. The molecule has 0 fully saturated rings. The number of methoxy groups -OCH3 is 2. The summed E-state index contributed by atoms with van der Waals surface area (Å²) in [6.45, 7) is 0. The average Bonchev–Trinajstić information content (AvgIpc) is 3.52. The van der Waals surface area contributed by atoms with Gasteiger partial charge in [-0.15, -0.1) is 45.3 Å². The first kappa shape index (κ1) is 21.0. The number of hydrogen-bond acceptors (Lipinski definition) is 8. The Labute approximate surface area is 190 Å². The van der Waals surface area contributed by atoms with Gasteiger partial charge in [0.25, 0.3) is 0 Å². The second-order valence-corrected chi connectivity index (χ2v) is 10.4. The van der Waals surface area contributed by atoms with Crippen molar-refractivity contribution in [3.8, 4) is 29.3 Å². The summed E-state index contributed by atoms with van der Waals surface area (Å²) in [6.07, 6.45) is 0.570. The SMILES string of the molecule is COC(=O)Cc1ccsc1-c1ccc(-c2ccc(-c3sccc3CC(=O)OC)s2)s1. The maximum Gasteiger partial charge on any atom is 0.310 e. The van der Waals surface area contributed by atoms with Gasteiger partial charge in [-0.25, -0.2) is 0 Å². The van der Waals surface area contributed by atoms with E-state index in [4.69, 9.17) is 9.47 Å². The lowest BCUT2D eigenvalue weighted by Crippen LogP contribution is -2.03. The number of hydrogen-bond donors (Lipinski definition) is 0. The van der Waals surface area contributed by atoms with Crippen LogP contribution in [0.25, 0.3) is 29.3 Å². The van der Waals surface area contributed by atoms with Gasteiger partial charge in [-0.1, -0.05) is 0 Å². The summed E-state index contributed by atoms with van der Waals surface area (Å²) < 4.78 is 9.62. The van der Waals surface area contributed by atoms with Crippen molar-refractivity contribution in [3.63, 3.8) is 0 Å². The Kier molecular flexibility index (Phi) is 6.48. The third kappa shape index (κ3) is 4.41. The molecule has 0 N–H and O–H groups in total. The zero-order valence-corrected chi connectivity index (χ0v) is 19.6. The summed E-state index contributed by atoms with van der Waals surface area (Å²) in [5, 5.41) is 4.02. The summed E-state index contributed by atoms with van der Waals surface area (Å²) in [5.74, 6) is -0.457. The number of carbonyl (C=O) groups excluding carboxylic acids is 2. The summed E-state index contributed by atoms with van der Waals surface area (Å²) >= 11 is 6.72. The van der Waals surface area contributed by atoms with Crippen LogP contribution >= 0.6 is 45.3 Å². The molecule has 154 valence electrons. The normalized spacial score (nSPS) is 10.9. The van der Waals surface area contributed by atoms with Crippen molar-refractivity contribution in [1.29, 1.82) is 0 Å². The Morgan fingerprint density at radius 2 is 1.07 bits per heavy atom. The van der Waals surface area contributed by atoms with Crippen molar-refractivity contribution in [1.82, 2.24) is 0 Å². The first-order valence-corrected chi connectivity index (χ1v) is 12.5. The van der Waals surface area contributed by atoms with Crippen molar-refractivity contribution in [2.24, 2.45) is 0 Å². The second kappa shape index (κ2) is 9.26. The zero-order valence-electron chi connectivity index (χ0n) is 16.3. The average molecular weight is 475 g/mol. The molecule has 30 heavy (non-hydrogen) atoms. The highest BCUT2D eigenvalue weighted by atomic mass is 32.1. The van der Waals surface area contributed by atoms with Crippen LogP contribution in [0.4, 0.5) is 0 Å². The van der Waals surface area contributed by atoms with Crippen LogP contribution in [-0.2, 0) is 31.9 Å². The number of rotatable bonds is 7. The fourth-order valence-electron chi connectivity index (χ4n) is 3.02. The Balaban J connectivity index is 1.58. The first-order chi connectivity index (χ1) is 14.6. The molecule has 0 saturated heterocycles. The Bertz CT molecular complexity index is 1080. The van der Waals surface area contributed by atoms with Crippen LogP contribution < -0.4 is 0 Å². The molecule has 4 aromatic rings. The molecular formula is C22H18O4S4. The lowest BCUT2D eigenvalue weighted by molar-refractivity contribution is -0.140. The van der Waals surface area contributed by atoms with Gasteiger partial charge in [0, 0.05) is 29.3 Å². The highest BCUT2D eigenvalue weighted by Crippen LogP contribution is 2.43. The van der Waals surface area contributed by atoms with Gasteiger partial charge in [0.15, 0.2) is 0 Å². The number of esters is 2. The highest BCUT2D eigenvalue weighted by molar-refractivity contribution is 7.28. The van der Waals surface area contributed by atoms with Crippen LogP contribution in [0.1, 0.15) is 11.1 Å². The molecule has 0 aromatic carbocycles.